The Bertz CT molecular complexity index is 1180. The smallest absolute Gasteiger partial charge is 0.243 e. The van der Waals surface area contributed by atoms with E-state index in [9.17, 15) is 13.2 Å². The average Bonchev–Trinajstić information content (AvgIpc) is 3.26. The molecule has 2 aliphatic rings. The fourth-order valence-corrected chi connectivity index (χ4v) is 6.61. The maximum atomic E-state index is 13.2. The maximum absolute atomic E-state index is 13.2. The van der Waals surface area contributed by atoms with Crippen LogP contribution in [0.25, 0.3) is 0 Å². The Hall–Kier alpha value is -2.13. The molecule has 0 radical (unpaired) electrons. The molecule has 2 aromatic rings. The van der Waals surface area contributed by atoms with Crippen molar-refractivity contribution in [2.75, 3.05) is 13.2 Å². The molecule has 0 aliphatic carbocycles. The van der Waals surface area contributed by atoms with Crippen molar-refractivity contribution < 1.29 is 17.9 Å². The van der Waals surface area contributed by atoms with E-state index in [-0.39, 0.29) is 34.8 Å². The standard InChI is InChI=1S/C26H34ClN3O4S/c1-26(2,3)28-17-18-9-10-22-23(11-13-34-24(22)14-18)29-25(31)16-20-7-5-12-30(20)35(32,33)21-8-4-6-19(27)15-21/h4,6,8-10,14-15,20,23,28H,5,7,11-13,16-17H2,1-3H3,(H,29,31). The molecule has 0 spiro atoms. The molecule has 1 saturated heterocycles. The molecule has 2 aliphatic heterocycles. The summed E-state index contributed by atoms with van der Waals surface area (Å²) in [4.78, 5) is 13.2. The molecule has 9 heteroatoms. The van der Waals surface area contributed by atoms with Gasteiger partial charge in [0.25, 0.3) is 0 Å². The fourth-order valence-electron chi connectivity index (χ4n) is 4.62. The first-order valence-corrected chi connectivity index (χ1v) is 13.9. The van der Waals surface area contributed by atoms with Gasteiger partial charge in [0.15, 0.2) is 0 Å². The Labute approximate surface area is 213 Å². The van der Waals surface area contributed by atoms with E-state index in [1.807, 2.05) is 12.1 Å². The number of benzene rings is 2. The topological polar surface area (TPSA) is 87.7 Å². The number of nitrogens with zero attached hydrogens (tertiary/aromatic N) is 1. The Balaban J connectivity index is 1.41. The van der Waals surface area contributed by atoms with Crippen LogP contribution in [-0.2, 0) is 21.4 Å². The highest BCUT2D eigenvalue weighted by Crippen LogP contribution is 2.34. The van der Waals surface area contributed by atoms with Gasteiger partial charge in [-0.3, -0.25) is 4.79 Å². The molecular weight excluding hydrogens is 486 g/mol. The van der Waals surface area contributed by atoms with Crippen molar-refractivity contribution in [2.24, 2.45) is 0 Å². The van der Waals surface area contributed by atoms with Gasteiger partial charge in [-0.25, -0.2) is 8.42 Å². The summed E-state index contributed by atoms with van der Waals surface area (Å²) in [6.45, 7) is 8.03. The van der Waals surface area contributed by atoms with Crippen molar-refractivity contribution in [1.82, 2.24) is 14.9 Å². The van der Waals surface area contributed by atoms with Gasteiger partial charge in [-0.15, -0.1) is 0 Å². The Morgan fingerprint density at radius 1 is 1.17 bits per heavy atom. The highest BCUT2D eigenvalue weighted by atomic mass is 35.5. The fraction of sp³-hybridized carbons (Fsp3) is 0.500. The number of nitrogens with one attached hydrogen (secondary N) is 2. The number of sulfonamides is 1. The molecule has 2 heterocycles. The minimum Gasteiger partial charge on any atom is -0.493 e. The molecule has 1 amide bonds. The summed E-state index contributed by atoms with van der Waals surface area (Å²) < 4.78 is 33.7. The third-order valence-corrected chi connectivity index (χ3v) is 8.61. The zero-order valence-corrected chi connectivity index (χ0v) is 22.1. The number of ether oxygens (including phenoxy) is 1. The molecule has 0 aromatic heterocycles. The first-order chi connectivity index (χ1) is 16.5. The largest absolute Gasteiger partial charge is 0.493 e. The molecule has 7 nitrogen and oxygen atoms in total. The lowest BCUT2D eigenvalue weighted by Gasteiger charge is -2.29. The van der Waals surface area contributed by atoms with Crippen molar-refractivity contribution >= 4 is 27.5 Å². The van der Waals surface area contributed by atoms with E-state index >= 15 is 0 Å². The van der Waals surface area contributed by atoms with Crippen molar-refractivity contribution in [1.29, 1.82) is 0 Å². The van der Waals surface area contributed by atoms with E-state index in [0.717, 1.165) is 29.8 Å². The molecule has 35 heavy (non-hydrogen) atoms. The predicted molar refractivity (Wildman–Crippen MR) is 137 cm³/mol. The van der Waals surface area contributed by atoms with Crippen LogP contribution < -0.4 is 15.4 Å². The van der Waals surface area contributed by atoms with Crippen LogP contribution in [0, 0.1) is 0 Å². The number of rotatable bonds is 7. The number of halogens is 1. The van der Waals surface area contributed by atoms with Crippen molar-refractivity contribution in [3.63, 3.8) is 0 Å². The van der Waals surface area contributed by atoms with Gasteiger partial charge in [0.1, 0.15) is 5.75 Å². The van der Waals surface area contributed by atoms with Gasteiger partial charge in [-0.05, 0) is 63.4 Å². The minimum atomic E-state index is -3.72. The van der Waals surface area contributed by atoms with Gasteiger partial charge in [0.2, 0.25) is 15.9 Å². The van der Waals surface area contributed by atoms with Crippen molar-refractivity contribution in [3.05, 3.63) is 58.6 Å². The lowest BCUT2D eigenvalue weighted by Crippen LogP contribution is -2.40. The summed E-state index contributed by atoms with van der Waals surface area (Å²) in [6.07, 6.45) is 2.18. The normalized spacial score (nSPS) is 20.8. The number of hydrogen-bond acceptors (Lipinski definition) is 5. The molecular formula is C26H34ClN3O4S. The summed E-state index contributed by atoms with van der Waals surface area (Å²) in [5.41, 5.74) is 2.10. The third kappa shape index (κ3) is 6.36. The van der Waals surface area contributed by atoms with Crippen LogP contribution in [0.3, 0.4) is 0 Å². The molecule has 0 saturated carbocycles. The first-order valence-electron chi connectivity index (χ1n) is 12.1. The summed E-state index contributed by atoms with van der Waals surface area (Å²) in [5, 5.41) is 6.97. The lowest BCUT2D eigenvalue weighted by atomic mass is 9.98. The van der Waals surface area contributed by atoms with Crippen LogP contribution in [0.1, 0.15) is 63.6 Å². The minimum absolute atomic E-state index is 0.0155. The second-order valence-corrected chi connectivity index (χ2v) is 12.6. The zero-order chi connectivity index (χ0) is 25.2. The van der Waals surface area contributed by atoms with Crippen LogP contribution in [0.4, 0.5) is 0 Å². The number of carbonyl (C=O) groups is 1. The van der Waals surface area contributed by atoms with E-state index in [2.05, 4.69) is 37.5 Å². The zero-order valence-electron chi connectivity index (χ0n) is 20.5. The summed E-state index contributed by atoms with van der Waals surface area (Å²) in [6, 6.07) is 11.8. The predicted octanol–water partition coefficient (Wildman–Crippen LogP) is 4.41. The highest BCUT2D eigenvalue weighted by Gasteiger charge is 2.37. The quantitative estimate of drug-likeness (QED) is 0.565. The third-order valence-electron chi connectivity index (χ3n) is 6.42. The Morgan fingerprint density at radius 2 is 1.97 bits per heavy atom. The van der Waals surface area contributed by atoms with Gasteiger partial charge in [-0.1, -0.05) is 29.8 Å². The van der Waals surface area contributed by atoms with Gasteiger partial charge >= 0.3 is 0 Å². The molecule has 4 rings (SSSR count). The molecule has 2 unspecified atom stereocenters. The first kappa shape index (κ1) is 25.9. The Morgan fingerprint density at radius 3 is 2.71 bits per heavy atom. The van der Waals surface area contributed by atoms with Gasteiger partial charge in [0.05, 0.1) is 17.5 Å². The molecule has 2 atom stereocenters. The summed E-state index contributed by atoms with van der Waals surface area (Å²) in [5.74, 6) is 0.639. The van der Waals surface area contributed by atoms with Crippen molar-refractivity contribution in [2.45, 2.75) is 75.5 Å². The van der Waals surface area contributed by atoms with Crippen LogP contribution >= 0.6 is 11.6 Å². The van der Waals surface area contributed by atoms with Gasteiger partial charge < -0.3 is 15.4 Å². The maximum Gasteiger partial charge on any atom is 0.243 e. The number of hydrogen-bond donors (Lipinski definition) is 2. The van der Waals surface area contributed by atoms with Gasteiger partial charge in [-0.2, -0.15) is 4.31 Å². The van der Waals surface area contributed by atoms with E-state index in [0.29, 0.717) is 31.0 Å². The van der Waals surface area contributed by atoms with Crippen molar-refractivity contribution in [3.8, 4) is 5.75 Å². The highest BCUT2D eigenvalue weighted by molar-refractivity contribution is 7.89. The number of carbonyl (C=O) groups excluding carboxylic acids is 1. The molecule has 2 N–H and O–H groups in total. The monoisotopic (exact) mass is 519 g/mol. The summed E-state index contributed by atoms with van der Waals surface area (Å²) in [7, 11) is -3.72. The van der Waals surface area contributed by atoms with E-state index < -0.39 is 10.0 Å². The second kappa shape index (κ2) is 10.5. The SMILES string of the molecule is CC(C)(C)NCc1ccc2c(c1)OCCC2NC(=O)CC1CCCN1S(=O)(=O)c1cccc(Cl)c1. The molecule has 0 bridgehead atoms. The van der Waals surface area contributed by atoms with Crippen LogP contribution in [0.5, 0.6) is 5.75 Å². The van der Waals surface area contributed by atoms with E-state index in [4.69, 9.17) is 16.3 Å². The molecule has 1 fully saturated rings. The molecule has 190 valence electrons. The van der Waals surface area contributed by atoms with Gasteiger partial charge in [0, 0.05) is 48.1 Å². The summed E-state index contributed by atoms with van der Waals surface area (Å²) >= 11 is 6.01. The molecule has 2 aromatic carbocycles. The second-order valence-electron chi connectivity index (χ2n) is 10.3. The van der Waals surface area contributed by atoms with Crippen LogP contribution in [-0.4, -0.2) is 43.4 Å². The van der Waals surface area contributed by atoms with E-state index in [1.54, 1.807) is 18.2 Å². The number of amides is 1. The Kier molecular flexibility index (Phi) is 7.76. The number of fused-ring (bicyclic) bond motifs is 1. The van der Waals surface area contributed by atoms with Crippen LogP contribution in [0.2, 0.25) is 5.02 Å². The average molecular weight is 520 g/mol. The van der Waals surface area contributed by atoms with Crippen LogP contribution in [0.15, 0.2) is 47.4 Å². The van der Waals surface area contributed by atoms with E-state index in [1.165, 1.54) is 10.4 Å². The lowest BCUT2D eigenvalue weighted by molar-refractivity contribution is -0.122.